The highest BCUT2D eigenvalue weighted by atomic mass is 16.5. The lowest BCUT2D eigenvalue weighted by molar-refractivity contribution is -0.137. The van der Waals surface area contributed by atoms with E-state index in [1.165, 1.54) is 6.20 Å². The van der Waals surface area contributed by atoms with Gasteiger partial charge in [-0.15, -0.1) is 0 Å². The summed E-state index contributed by atoms with van der Waals surface area (Å²) in [5.74, 6) is -1.18. The van der Waals surface area contributed by atoms with Gasteiger partial charge in [0, 0.05) is 12.6 Å². The molecular formula is C14H16N2O4. The average Bonchev–Trinajstić information content (AvgIpc) is 2.48. The van der Waals surface area contributed by atoms with Crippen molar-refractivity contribution >= 4 is 17.6 Å². The van der Waals surface area contributed by atoms with E-state index in [1.807, 2.05) is 0 Å². The lowest BCUT2D eigenvalue weighted by Crippen LogP contribution is -2.19. The quantitative estimate of drug-likeness (QED) is 0.383. The number of amides is 1. The monoisotopic (exact) mass is 276 g/mol. The zero-order chi connectivity index (χ0) is 15.0. The van der Waals surface area contributed by atoms with Crippen molar-refractivity contribution in [3.63, 3.8) is 0 Å². The van der Waals surface area contributed by atoms with Gasteiger partial charge in [-0.25, -0.2) is 9.79 Å². The number of ether oxygens (including phenoxy) is 1. The third-order valence-electron chi connectivity index (χ3n) is 2.33. The molecule has 1 amide bonds. The molecule has 0 aromatic carbocycles. The predicted molar refractivity (Wildman–Crippen MR) is 73.4 cm³/mol. The number of esters is 1. The molecule has 1 heterocycles. The Kier molecular flexibility index (Phi) is 6.09. The summed E-state index contributed by atoms with van der Waals surface area (Å²) in [5, 5.41) is 9.26. The maximum Gasteiger partial charge on any atom is 0.343 e. The molecule has 1 aromatic heterocycles. The van der Waals surface area contributed by atoms with Crippen molar-refractivity contribution in [2.45, 2.75) is 20.3 Å². The highest BCUT2D eigenvalue weighted by Gasteiger charge is 2.21. The van der Waals surface area contributed by atoms with Crippen LogP contribution in [0.2, 0.25) is 0 Å². The van der Waals surface area contributed by atoms with Crippen molar-refractivity contribution in [3.8, 4) is 0 Å². The Labute approximate surface area is 116 Å². The van der Waals surface area contributed by atoms with Crippen molar-refractivity contribution in [2.75, 3.05) is 6.61 Å². The summed E-state index contributed by atoms with van der Waals surface area (Å²) in [6.45, 7) is 3.43. The molecule has 0 spiro atoms. The molecule has 0 bridgehead atoms. The fourth-order valence-corrected chi connectivity index (χ4v) is 1.38. The van der Waals surface area contributed by atoms with Gasteiger partial charge >= 0.3 is 5.97 Å². The minimum Gasteiger partial charge on any atom is -0.515 e. The molecule has 0 aliphatic rings. The van der Waals surface area contributed by atoms with Gasteiger partial charge < -0.3 is 9.84 Å². The van der Waals surface area contributed by atoms with E-state index in [9.17, 15) is 14.7 Å². The maximum absolute atomic E-state index is 11.8. The fourth-order valence-electron chi connectivity index (χ4n) is 1.38. The van der Waals surface area contributed by atoms with E-state index < -0.39 is 11.9 Å². The van der Waals surface area contributed by atoms with Gasteiger partial charge in [-0.05, 0) is 19.1 Å². The summed E-state index contributed by atoms with van der Waals surface area (Å²) in [5.41, 5.74) is 0.105. The number of nitrogens with zero attached hydrogens (tertiary/aromatic N) is 2. The number of aliphatic imine (C=N–C) groups is 1. The van der Waals surface area contributed by atoms with Gasteiger partial charge in [0.2, 0.25) is 5.91 Å². The molecule has 20 heavy (non-hydrogen) atoms. The molecule has 0 aliphatic heterocycles. The zero-order valence-corrected chi connectivity index (χ0v) is 11.4. The number of aromatic nitrogens is 1. The molecule has 1 rings (SSSR count). The lowest BCUT2D eigenvalue weighted by atomic mass is 10.1. The van der Waals surface area contributed by atoms with Crippen molar-refractivity contribution in [1.82, 2.24) is 4.98 Å². The van der Waals surface area contributed by atoms with Crippen LogP contribution < -0.4 is 0 Å². The topological polar surface area (TPSA) is 88.9 Å². The highest BCUT2D eigenvalue weighted by Crippen LogP contribution is 2.10. The lowest BCUT2D eigenvalue weighted by Gasteiger charge is -2.08. The standard InChI is InChI=1S/C14H16N2O4/c1-3-12(18)16-13(11-7-5-6-8-15-11)10(9-17)14(19)20-4-2/h5-9,17H,3-4H2,1-2H3. The summed E-state index contributed by atoms with van der Waals surface area (Å²) in [6, 6.07) is 4.97. The van der Waals surface area contributed by atoms with Crippen molar-refractivity contribution in [3.05, 3.63) is 41.9 Å². The van der Waals surface area contributed by atoms with Gasteiger partial charge in [-0.3, -0.25) is 9.78 Å². The Bertz CT molecular complexity index is 535. The Balaban J connectivity index is 3.27. The largest absolute Gasteiger partial charge is 0.515 e. The van der Waals surface area contributed by atoms with Crippen LogP contribution in [0.4, 0.5) is 0 Å². The van der Waals surface area contributed by atoms with Gasteiger partial charge in [-0.1, -0.05) is 13.0 Å². The number of carbonyl (C=O) groups is 2. The first-order chi connectivity index (χ1) is 9.63. The Morgan fingerprint density at radius 1 is 1.40 bits per heavy atom. The van der Waals surface area contributed by atoms with E-state index in [0.717, 1.165) is 0 Å². The van der Waals surface area contributed by atoms with Crippen LogP contribution in [0, 0.1) is 0 Å². The summed E-state index contributed by atoms with van der Waals surface area (Å²) < 4.78 is 4.83. The third-order valence-corrected chi connectivity index (χ3v) is 2.33. The van der Waals surface area contributed by atoms with Gasteiger partial charge in [-0.2, -0.15) is 0 Å². The molecular weight excluding hydrogens is 260 g/mol. The number of rotatable bonds is 5. The van der Waals surface area contributed by atoms with Crippen LogP contribution >= 0.6 is 0 Å². The van der Waals surface area contributed by atoms with Gasteiger partial charge in [0.15, 0.2) is 0 Å². The van der Waals surface area contributed by atoms with Gasteiger partial charge in [0.1, 0.15) is 11.3 Å². The molecule has 0 radical (unpaired) electrons. The van der Waals surface area contributed by atoms with Crippen molar-refractivity contribution in [1.29, 1.82) is 0 Å². The molecule has 0 atom stereocenters. The van der Waals surface area contributed by atoms with E-state index in [2.05, 4.69) is 9.98 Å². The number of carbonyl (C=O) groups excluding carboxylic acids is 2. The average molecular weight is 276 g/mol. The minimum atomic E-state index is -0.761. The van der Waals surface area contributed by atoms with Gasteiger partial charge in [0.05, 0.1) is 18.6 Å². The first-order valence-corrected chi connectivity index (χ1v) is 6.18. The molecule has 106 valence electrons. The summed E-state index contributed by atoms with van der Waals surface area (Å²) in [4.78, 5) is 31.2. The van der Waals surface area contributed by atoms with E-state index in [1.54, 1.807) is 32.0 Å². The Hall–Kier alpha value is -2.50. The SMILES string of the molecule is CCOC(=O)C(=CO)C(=NC(=O)CC)c1ccccn1. The van der Waals surface area contributed by atoms with E-state index in [-0.39, 0.29) is 24.3 Å². The van der Waals surface area contributed by atoms with Gasteiger partial charge in [0.25, 0.3) is 0 Å². The molecule has 0 saturated heterocycles. The molecule has 0 saturated carbocycles. The van der Waals surface area contributed by atoms with Crippen LogP contribution in [0.5, 0.6) is 0 Å². The molecule has 0 unspecified atom stereocenters. The van der Waals surface area contributed by atoms with Crippen LogP contribution in [0.3, 0.4) is 0 Å². The predicted octanol–water partition coefficient (Wildman–Crippen LogP) is 1.81. The smallest absolute Gasteiger partial charge is 0.343 e. The van der Waals surface area contributed by atoms with Crippen LogP contribution in [0.1, 0.15) is 26.0 Å². The second-order valence-electron chi connectivity index (χ2n) is 3.69. The maximum atomic E-state index is 11.8. The van der Waals surface area contributed by atoms with Crippen LogP contribution in [-0.2, 0) is 14.3 Å². The molecule has 1 aromatic rings. The van der Waals surface area contributed by atoms with Crippen molar-refractivity contribution < 1.29 is 19.4 Å². The second-order valence-corrected chi connectivity index (χ2v) is 3.69. The van der Waals surface area contributed by atoms with Crippen LogP contribution in [0.25, 0.3) is 0 Å². The normalized spacial score (nSPS) is 12.1. The van der Waals surface area contributed by atoms with Crippen LogP contribution in [0.15, 0.2) is 41.2 Å². The van der Waals surface area contributed by atoms with E-state index in [4.69, 9.17) is 4.74 Å². The molecule has 0 fully saturated rings. The van der Waals surface area contributed by atoms with Crippen molar-refractivity contribution in [2.24, 2.45) is 4.99 Å². The first-order valence-electron chi connectivity index (χ1n) is 6.18. The molecule has 6 nitrogen and oxygen atoms in total. The van der Waals surface area contributed by atoms with E-state index in [0.29, 0.717) is 12.0 Å². The van der Waals surface area contributed by atoms with Crippen LogP contribution in [-0.4, -0.2) is 34.3 Å². The Morgan fingerprint density at radius 3 is 2.65 bits per heavy atom. The number of hydrogen-bond donors (Lipinski definition) is 1. The zero-order valence-electron chi connectivity index (χ0n) is 11.4. The minimum absolute atomic E-state index is 0.00148. The summed E-state index contributed by atoms with van der Waals surface area (Å²) >= 11 is 0. The first kappa shape index (κ1) is 15.6. The number of aliphatic hydroxyl groups excluding tert-OH is 1. The van der Waals surface area contributed by atoms with E-state index >= 15 is 0 Å². The fraction of sp³-hybridized carbons (Fsp3) is 0.286. The molecule has 0 aliphatic carbocycles. The summed E-state index contributed by atoms with van der Waals surface area (Å²) in [6.07, 6.45) is 2.26. The summed E-state index contributed by atoms with van der Waals surface area (Å²) in [7, 11) is 0. The third kappa shape index (κ3) is 4.01. The molecule has 6 heteroatoms. The number of pyridine rings is 1. The number of aliphatic hydroxyl groups is 1. The molecule has 1 N–H and O–H groups in total. The Morgan fingerprint density at radius 2 is 2.15 bits per heavy atom. The second kappa shape index (κ2) is 7.83. The highest BCUT2D eigenvalue weighted by molar-refractivity contribution is 6.27. The number of hydrogen-bond acceptors (Lipinski definition) is 5.